The molecule has 1 aliphatic rings. The van der Waals surface area contributed by atoms with Gasteiger partial charge in [-0.25, -0.2) is 0 Å². The van der Waals surface area contributed by atoms with E-state index in [2.05, 4.69) is 0 Å². The number of carboxylic acid groups (broad SMARTS) is 1. The molecule has 1 heterocycles. The summed E-state index contributed by atoms with van der Waals surface area (Å²) in [4.78, 5) is 22.2. The van der Waals surface area contributed by atoms with Crippen molar-refractivity contribution in [2.24, 2.45) is 0 Å². The van der Waals surface area contributed by atoms with Gasteiger partial charge in [-0.1, -0.05) is 6.92 Å². The number of thioether (sulfide) groups is 1. The van der Waals surface area contributed by atoms with Crippen LogP contribution >= 0.6 is 11.8 Å². The smallest absolute Gasteiger partial charge is 0.319 e. The third kappa shape index (κ3) is 3.41. The monoisotopic (exact) mass is 232 g/mol. The Kier molecular flexibility index (Phi) is 4.45. The van der Waals surface area contributed by atoms with Crippen LogP contribution in [0.5, 0.6) is 0 Å². The van der Waals surface area contributed by atoms with Crippen molar-refractivity contribution in [3.8, 4) is 0 Å². The molecule has 1 rings (SSSR count). The lowest BCUT2D eigenvalue weighted by atomic mass is 10.2. The molecule has 0 saturated carbocycles. The topological polar surface area (TPSA) is 63.6 Å². The summed E-state index contributed by atoms with van der Waals surface area (Å²) in [5.41, 5.74) is 0. The summed E-state index contributed by atoms with van der Waals surface area (Å²) in [6, 6.07) is 0. The molecule has 1 fully saturated rings. The lowest BCUT2D eigenvalue weighted by molar-refractivity contribution is -0.147. The van der Waals surface area contributed by atoms with Crippen molar-refractivity contribution in [1.29, 1.82) is 0 Å². The van der Waals surface area contributed by atoms with Crippen molar-refractivity contribution in [2.75, 3.05) is 0 Å². The minimum atomic E-state index is -0.834. The number of ether oxygens (including phenoxy) is 1. The maximum Gasteiger partial charge on any atom is 0.319 e. The van der Waals surface area contributed by atoms with Crippen LogP contribution in [-0.2, 0) is 14.3 Å². The molecule has 0 spiro atoms. The molecule has 1 saturated heterocycles. The first kappa shape index (κ1) is 12.4. The third-order valence-corrected chi connectivity index (χ3v) is 3.97. The van der Waals surface area contributed by atoms with Gasteiger partial charge in [0, 0.05) is 0 Å². The van der Waals surface area contributed by atoms with Gasteiger partial charge in [0.15, 0.2) is 0 Å². The molecule has 0 amide bonds. The highest BCUT2D eigenvalue weighted by Crippen LogP contribution is 2.34. The SMILES string of the molecule is CCC(C)OC(=O)C1CCC(C(=O)O)S1. The van der Waals surface area contributed by atoms with Crippen LogP contribution in [0.25, 0.3) is 0 Å². The molecule has 5 heteroatoms. The second-order valence-corrected chi connectivity index (χ2v) is 5.09. The van der Waals surface area contributed by atoms with Crippen LogP contribution in [0.2, 0.25) is 0 Å². The van der Waals surface area contributed by atoms with Crippen LogP contribution in [0.3, 0.4) is 0 Å². The van der Waals surface area contributed by atoms with Crippen LogP contribution < -0.4 is 0 Å². The zero-order valence-electron chi connectivity index (χ0n) is 8.93. The Bertz CT molecular complexity index is 254. The van der Waals surface area contributed by atoms with E-state index in [1.54, 1.807) is 0 Å². The van der Waals surface area contributed by atoms with Gasteiger partial charge >= 0.3 is 11.9 Å². The molecule has 15 heavy (non-hydrogen) atoms. The standard InChI is InChI=1S/C10H16O4S/c1-3-6(2)14-10(13)8-5-4-7(15-8)9(11)12/h6-8H,3-5H2,1-2H3,(H,11,12). The van der Waals surface area contributed by atoms with Crippen LogP contribution in [0, 0.1) is 0 Å². The number of aliphatic carboxylic acids is 1. The van der Waals surface area contributed by atoms with E-state index in [4.69, 9.17) is 9.84 Å². The van der Waals surface area contributed by atoms with Gasteiger partial charge in [0.25, 0.3) is 0 Å². The summed E-state index contributed by atoms with van der Waals surface area (Å²) in [5.74, 6) is -1.10. The Labute approximate surface area is 93.4 Å². The molecule has 0 aromatic heterocycles. The average Bonchev–Trinajstić information content (AvgIpc) is 2.66. The maximum atomic E-state index is 11.5. The van der Waals surface area contributed by atoms with E-state index in [-0.39, 0.29) is 17.3 Å². The number of carboxylic acids is 1. The highest BCUT2D eigenvalue weighted by molar-refractivity contribution is 8.02. The summed E-state index contributed by atoms with van der Waals surface area (Å²) in [6.07, 6.45) is 1.87. The summed E-state index contributed by atoms with van der Waals surface area (Å²) in [6.45, 7) is 3.78. The van der Waals surface area contributed by atoms with Gasteiger partial charge in [-0.2, -0.15) is 0 Å². The molecule has 0 aliphatic carbocycles. The first-order chi connectivity index (χ1) is 7.04. The van der Waals surface area contributed by atoms with Crippen molar-refractivity contribution in [3.63, 3.8) is 0 Å². The minimum absolute atomic E-state index is 0.0815. The molecule has 3 atom stereocenters. The Morgan fingerprint density at radius 1 is 1.47 bits per heavy atom. The number of hydrogen-bond donors (Lipinski definition) is 1. The average molecular weight is 232 g/mol. The predicted octanol–water partition coefficient (Wildman–Crippen LogP) is 1.68. The van der Waals surface area contributed by atoms with Crippen molar-refractivity contribution in [3.05, 3.63) is 0 Å². The van der Waals surface area contributed by atoms with Crippen molar-refractivity contribution < 1.29 is 19.4 Å². The quantitative estimate of drug-likeness (QED) is 0.747. The molecule has 0 bridgehead atoms. The molecule has 0 radical (unpaired) electrons. The van der Waals surface area contributed by atoms with Gasteiger partial charge in [0.1, 0.15) is 10.5 Å². The fourth-order valence-corrected chi connectivity index (χ4v) is 2.57. The maximum absolute atomic E-state index is 11.5. The summed E-state index contributed by atoms with van der Waals surface area (Å²) in [5, 5.41) is 8.03. The van der Waals surface area contributed by atoms with E-state index in [1.165, 1.54) is 11.8 Å². The molecule has 1 N–H and O–H groups in total. The van der Waals surface area contributed by atoms with Gasteiger partial charge in [0.2, 0.25) is 0 Å². The molecule has 1 aliphatic heterocycles. The minimum Gasteiger partial charge on any atom is -0.480 e. The summed E-state index contributed by atoms with van der Waals surface area (Å²) in [7, 11) is 0. The summed E-state index contributed by atoms with van der Waals surface area (Å²) >= 11 is 1.21. The van der Waals surface area contributed by atoms with E-state index >= 15 is 0 Å². The number of hydrogen-bond acceptors (Lipinski definition) is 4. The second-order valence-electron chi connectivity index (χ2n) is 3.68. The first-order valence-electron chi connectivity index (χ1n) is 5.13. The lowest BCUT2D eigenvalue weighted by Crippen LogP contribution is -2.23. The molecule has 4 nitrogen and oxygen atoms in total. The normalized spacial score (nSPS) is 27.3. The fourth-order valence-electron chi connectivity index (χ4n) is 1.35. The molecule has 0 aromatic rings. The highest BCUT2D eigenvalue weighted by atomic mass is 32.2. The highest BCUT2D eigenvalue weighted by Gasteiger charge is 2.35. The van der Waals surface area contributed by atoms with E-state index in [9.17, 15) is 9.59 Å². The Morgan fingerprint density at radius 3 is 2.53 bits per heavy atom. The van der Waals surface area contributed by atoms with Crippen LogP contribution in [0.4, 0.5) is 0 Å². The van der Waals surface area contributed by atoms with Crippen LogP contribution in [0.15, 0.2) is 0 Å². The third-order valence-electron chi connectivity index (χ3n) is 2.45. The summed E-state index contributed by atoms with van der Waals surface area (Å²) < 4.78 is 5.16. The zero-order valence-corrected chi connectivity index (χ0v) is 9.75. The number of carbonyl (C=O) groups is 2. The van der Waals surface area contributed by atoms with Gasteiger partial charge in [-0.15, -0.1) is 11.8 Å². The predicted molar refractivity (Wildman–Crippen MR) is 57.9 cm³/mol. The van der Waals surface area contributed by atoms with Crippen molar-refractivity contribution in [1.82, 2.24) is 0 Å². The van der Waals surface area contributed by atoms with Gasteiger partial charge in [-0.05, 0) is 26.2 Å². The largest absolute Gasteiger partial charge is 0.480 e. The lowest BCUT2D eigenvalue weighted by Gasteiger charge is -2.14. The van der Waals surface area contributed by atoms with Crippen LogP contribution in [-0.4, -0.2) is 33.6 Å². The Hall–Kier alpha value is -0.710. The Balaban J connectivity index is 2.40. The zero-order chi connectivity index (χ0) is 11.4. The first-order valence-corrected chi connectivity index (χ1v) is 6.07. The molecule has 3 unspecified atom stereocenters. The van der Waals surface area contributed by atoms with E-state index in [1.807, 2.05) is 13.8 Å². The molecule has 86 valence electrons. The number of rotatable bonds is 4. The van der Waals surface area contributed by atoms with E-state index in [0.29, 0.717) is 12.8 Å². The molecular weight excluding hydrogens is 216 g/mol. The second kappa shape index (κ2) is 5.39. The van der Waals surface area contributed by atoms with E-state index < -0.39 is 11.2 Å². The van der Waals surface area contributed by atoms with Crippen LogP contribution in [0.1, 0.15) is 33.1 Å². The van der Waals surface area contributed by atoms with Gasteiger partial charge in [0.05, 0.1) is 6.10 Å². The van der Waals surface area contributed by atoms with Gasteiger partial charge < -0.3 is 9.84 Å². The van der Waals surface area contributed by atoms with Crippen molar-refractivity contribution in [2.45, 2.75) is 49.7 Å². The van der Waals surface area contributed by atoms with E-state index in [0.717, 1.165) is 6.42 Å². The molecule has 0 aromatic carbocycles. The van der Waals surface area contributed by atoms with Gasteiger partial charge in [-0.3, -0.25) is 9.59 Å². The van der Waals surface area contributed by atoms with Crippen molar-refractivity contribution >= 4 is 23.7 Å². The Morgan fingerprint density at radius 2 is 2.07 bits per heavy atom. The number of carbonyl (C=O) groups excluding carboxylic acids is 1. The molecular formula is C10H16O4S. The fraction of sp³-hybridized carbons (Fsp3) is 0.800. The number of esters is 1.